The standard InChI is InChI=1S/C18H37O4P.Ba/c1-2-3-4-5-6-7-8-9-10-11-12-13-14-15-16-17-18-22-23(19,20)21;/h17-18H,2-16H2,1H3,(H2,19,20,21);/q;+2/p-2. The quantitative estimate of drug-likeness (QED) is 0.128. The molecular weight excluding hydrogens is 448 g/mol. The molecule has 0 aliphatic rings. The Hall–Kier alpha value is 1.26. The van der Waals surface area contributed by atoms with Crippen LogP contribution in [-0.4, -0.2) is 48.9 Å². The summed E-state index contributed by atoms with van der Waals surface area (Å²) in [4.78, 5) is 20.4. The van der Waals surface area contributed by atoms with E-state index in [0.717, 1.165) is 25.5 Å². The molecule has 0 aromatic heterocycles. The van der Waals surface area contributed by atoms with E-state index in [0.29, 0.717) is 0 Å². The van der Waals surface area contributed by atoms with Crippen molar-refractivity contribution in [1.29, 1.82) is 0 Å². The summed E-state index contributed by atoms with van der Waals surface area (Å²) in [5.41, 5.74) is 0. The molecule has 0 rings (SSSR count). The van der Waals surface area contributed by atoms with Gasteiger partial charge in [-0.1, -0.05) is 90.4 Å². The Morgan fingerprint density at radius 1 is 0.750 bits per heavy atom. The molecule has 138 valence electrons. The monoisotopic (exact) mass is 484 g/mol. The van der Waals surface area contributed by atoms with Crippen LogP contribution in [0.5, 0.6) is 0 Å². The summed E-state index contributed by atoms with van der Waals surface area (Å²) >= 11 is 0. The molecule has 0 unspecified atom stereocenters. The van der Waals surface area contributed by atoms with E-state index in [-0.39, 0.29) is 48.9 Å². The largest absolute Gasteiger partial charge is 2.00 e. The fraction of sp³-hybridized carbons (Fsp3) is 0.889. The maximum absolute atomic E-state index is 10.2. The number of phosphoric ester groups is 1. The van der Waals surface area contributed by atoms with E-state index < -0.39 is 7.82 Å². The van der Waals surface area contributed by atoms with E-state index in [1.807, 2.05) is 0 Å². The minimum atomic E-state index is -4.84. The van der Waals surface area contributed by atoms with Crippen LogP contribution in [0.15, 0.2) is 12.3 Å². The topological polar surface area (TPSA) is 72.4 Å². The Balaban J connectivity index is 0. The summed E-state index contributed by atoms with van der Waals surface area (Å²) in [6, 6.07) is 0. The average molecular weight is 484 g/mol. The van der Waals surface area contributed by atoms with Gasteiger partial charge in [0, 0.05) is 0 Å². The fourth-order valence-corrected chi connectivity index (χ4v) is 2.88. The summed E-state index contributed by atoms with van der Waals surface area (Å²) in [6.45, 7) is 2.26. The van der Waals surface area contributed by atoms with E-state index in [2.05, 4.69) is 11.4 Å². The van der Waals surface area contributed by atoms with Crippen molar-refractivity contribution in [1.82, 2.24) is 0 Å². The average Bonchev–Trinajstić information content (AvgIpc) is 2.49. The molecule has 0 spiro atoms. The summed E-state index contributed by atoms with van der Waals surface area (Å²) in [5.74, 6) is 0. The van der Waals surface area contributed by atoms with Crippen molar-refractivity contribution in [3.8, 4) is 0 Å². The van der Waals surface area contributed by atoms with Gasteiger partial charge in [-0.05, 0) is 18.9 Å². The van der Waals surface area contributed by atoms with Crippen molar-refractivity contribution < 1.29 is 18.9 Å². The Labute approximate surface area is 189 Å². The molecule has 0 heterocycles. The van der Waals surface area contributed by atoms with Gasteiger partial charge in [0.2, 0.25) is 0 Å². The van der Waals surface area contributed by atoms with E-state index in [1.165, 1.54) is 77.0 Å². The van der Waals surface area contributed by atoms with Crippen molar-refractivity contribution >= 4 is 56.7 Å². The van der Waals surface area contributed by atoms with Gasteiger partial charge in [0.25, 0.3) is 0 Å². The molecule has 0 radical (unpaired) electrons. The molecule has 6 heteroatoms. The van der Waals surface area contributed by atoms with Crippen LogP contribution in [0, 0.1) is 0 Å². The number of hydrogen-bond acceptors (Lipinski definition) is 4. The molecule has 0 aliphatic heterocycles. The van der Waals surface area contributed by atoms with Crippen LogP contribution in [0.2, 0.25) is 0 Å². The van der Waals surface area contributed by atoms with Crippen LogP contribution >= 0.6 is 7.82 Å². The van der Waals surface area contributed by atoms with Gasteiger partial charge in [0.1, 0.15) is 7.82 Å². The van der Waals surface area contributed by atoms with Gasteiger partial charge < -0.3 is 18.9 Å². The van der Waals surface area contributed by atoms with Crippen LogP contribution in [-0.2, 0) is 9.09 Å². The molecule has 4 nitrogen and oxygen atoms in total. The van der Waals surface area contributed by atoms with Gasteiger partial charge >= 0.3 is 48.9 Å². The smallest absolute Gasteiger partial charge is 0.780 e. The molecule has 0 saturated heterocycles. The zero-order chi connectivity index (χ0) is 17.2. The van der Waals surface area contributed by atoms with Crippen LogP contribution in [0.4, 0.5) is 0 Å². The van der Waals surface area contributed by atoms with Crippen LogP contribution < -0.4 is 9.79 Å². The molecule has 0 atom stereocenters. The maximum atomic E-state index is 10.2. The minimum Gasteiger partial charge on any atom is -0.780 e. The van der Waals surface area contributed by atoms with Crippen molar-refractivity contribution in [2.24, 2.45) is 0 Å². The van der Waals surface area contributed by atoms with Crippen molar-refractivity contribution in [2.75, 3.05) is 0 Å². The minimum absolute atomic E-state index is 0. The van der Waals surface area contributed by atoms with Crippen molar-refractivity contribution in [3.05, 3.63) is 12.3 Å². The SMILES string of the molecule is CCCCCCCCCCCCCCCCC=COP(=O)([O-])[O-].[Ba+2]. The van der Waals surface area contributed by atoms with Gasteiger partial charge in [-0.3, -0.25) is 0 Å². The first-order chi connectivity index (χ1) is 11.1. The molecule has 0 aliphatic carbocycles. The molecule has 0 aromatic rings. The van der Waals surface area contributed by atoms with Gasteiger partial charge in [-0.2, -0.15) is 0 Å². The molecular formula is C18H35BaO4P. The normalized spacial score (nSPS) is 11.6. The van der Waals surface area contributed by atoms with Crippen molar-refractivity contribution in [2.45, 2.75) is 103 Å². The molecule has 0 amide bonds. The third kappa shape index (κ3) is 25.5. The second kappa shape index (κ2) is 20.6. The zero-order valence-corrected chi connectivity index (χ0v) is 20.9. The number of phosphoric acid groups is 1. The number of hydrogen-bond donors (Lipinski definition) is 0. The Bertz CT molecular complexity index is 318. The molecule has 0 N–H and O–H groups in total. The van der Waals surface area contributed by atoms with E-state index in [4.69, 9.17) is 0 Å². The van der Waals surface area contributed by atoms with Crippen LogP contribution in [0.3, 0.4) is 0 Å². The van der Waals surface area contributed by atoms with Gasteiger partial charge in [0.05, 0.1) is 6.26 Å². The first-order valence-corrected chi connectivity index (χ1v) is 10.9. The Kier molecular flexibility index (Phi) is 23.6. The second-order valence-corrected chi connectivity index (χ2v) is 7.41. The summed E-state index contributed by atoms with van der Waals surface area (Å²) in [5, 5.41) is 0. The van der Waals surface area contributed by atoms with Gasteiger partial charge in [-0.15, -0.1) is 0 Å². The third-order valence-corrected chi connectivity index (χ3v) is 4.39. The molecule has 0 fully saturated rings. The Morgan fingerprint density at radius 2 is 1.12 bits per heavy atom. The zero-order valence-electron chi connectivity index (χ0n) is 15.5. The third-order valence-electron chi connectivity index (χ3n) is 4.01. The predicted octanol–water partition coefficient (Wildman–Crippen LogP) is 4.84. The van der Waals surface area contributed by atoms with Crippen molar-refractivity contribution in [3.63, 3.8) is 0 Å². The molecule has 0 saturated carbocycles. The van der Waals surface area contributed by atoms with E-state index >= 15 is 0 Å². The van der Waals surface area contributed by atoms with Crippen LogP contribution in [0.25, 0.3) is 0 Å². The maximum Gasteiger partial charge on any atom is 2.00 e. The van der Waals surface area contributed by atoms with E-state index in [9.17, 15) is 14.4 Å². The summed E-state index contributed by atoms with van der Waals surface area (Å²) < 4.78 is 14.2. The fourth-order valence-electron chi connectivity index (χ4n) is 2.64. The molecule has 24 heavy (non-hydrogen) atoms. The first kappa shape index (κ1) is 27.5. The van der Waals surface area contributed by atoms with Gasteiger partial charge in [0.15, 0.2) is 0 Å². The second-order valence-electron chi connectivity index (χ2n) is 6.31. The molecule has 0 bridgehead atoms. The van der Waals surface area contributed by atoms with E-state index in [1.54, 1.807) is 6.08 Å². The number of allylic oxidation sites excluding steroid dienone is 1. The van der Waals surface area contributed by atoms with Gasteiger partial charge in [-0.25, -0.2) is 0 Å². The first-order valence-electron chi connectivity index (χ1n) is 9.41. The number of unbranched alkanes of at least 4 members (excludes halogenated alkanes) is 14. The number of rotatable bonds is 17. The predicted molar refractivity (Wildman–Crippen MR) is 98.5 cm³/mol. The van der Waals surface area contributed by atoms with Crippen LogP contribution in [0.1, 0.15) is 103 Å². The Morgan fingerprint density at radius 3 is 1.50 bits per heavy atom. The molecule has 0 aromatic carbocycles. The summed E-state index contributed by atoms with van der Waals surface area (Å²) in [7, 11) is -4.84. The summed E-state index contributed by atoms with van der Waals surface area (Å²) in [6.07, 6.45) is 21.8.